The molecule has 6 atom stereocenters. The molecule has 1 heterocycles. The summed E-state index contributed by atoms with van der Waals surface area (Å²) in [7, 11) is 0. The van der Waals surface area contributed by atoms with Crippen LogP contribution in [0.5, 0.6) is 0 Å². The molecule has 0 unspecified atom stereocenters. The minimum atomic E-state index is -0.0645. The van der Waals surface area contributed by atoms with Gasteiger partial charge in [-0.2, -0.15) is 0 Å². The number of carbonyl (C=O) groups is 2. The number of carbonyl (C=O) groups excluding carboxylic acids is 2. The maximum absolute atomic E-state index is 12.1. The van der Waals surface area contributed by atoms with Crippen molar-refractivity contribution in [1.29, 1.82) is 0 Å². The average Bonchev–Trinajstić information content (AvgIpc) is 2.85. The highest BCUT2D eigenvalue weighted by Crippen LogP contribution is 2.65. The van der Waals surface area contributed by atoms with Gasteiger partial charge < -0.3 is 4.74 Å². The van der Waals surface area contributed by atoms with Crippen molar-refractivity contribution in [3.05, 3.63) is 11.8 Å². The summed E-state index contributed by atoms with van der Waals surface area (Å²) >= 11 is 0. The van der Waals surface area contributed by atoms with E-state index in [1.54, 1.807) is 6.92 Å². The number of rotatable bonds is 1. The van der Waals surface area contributed by atoms with Gasteiger partial charge in [-0.05, 0) is 74.7 Å². The van der Waals surface area contributed by atoms with Crippen LogP contribution in [0.25, 0.3) is 0 Å². The highest BCUT2D eigenvalue weighted by atomic mass is 16.5. The molecule has 0 aromatic carbocycles. The summed E-state index contributed by atoms with van der Waals surface area (Å²) in [5.74, 6) is 3.45. The van der Waals surface area contributed by atoms with Gasteiger partial charge in [-0.1, -0.05) is 13.8 Å². The zero-order valence-corrected chi connectivity index (χ0v) is 14.6. The Balaban J connectivity index is 1.67. The van der Waals surface area contributed by atoms with E-state index in [2.05, 4.69) is 19.9 Å². The van der Waals surface area contributed by atoms with Crippen LogP contribution in [0.1, 0.15) is 65.7 Å². The van der Waals surface area contributed by atoms with E-state index in [1.807, 2.05) is 0 Å². The molecule has 0 radical (unpaired) electrons. The third-order valence-electron chi connectivity index (χ3n) is 7.96. The number of ether oxygens (including phenoxy) is 1. The van der Waals surface area contributed by atoms with Gasteiger partial charge in [0.05, 0.1) is 0 Å². The highest BCUT2D eigenvalue weighted by Gasteiger charge is 2.60. The molecule has 4 rings (SSSR count). The average molecular weight is 316 g/mol. The molecule has 0 aromatic rings. The van der Waals surface area contributed by atoms with Crippen LogP contribution >= 0.6 is 0 Å². The number of fused-ring (bicyclic) bond motifs is 5. The lowest BCUT2D eigenvalue weighted by molar-refractivity contribution is -0.152. The van der Waals surface area contributed by atoms with Gasteiger partial charge in [-0.15, -0.1) is 0 Å². The molecule has 0 aromatic heterocycles. The highest BCUT2D eigenvalue weighted by molar-refractivity contribution is 5.79. The van der Waals surface area contributed by atoms with E-state index in [0.717, 1.165) is 31.4 Å². The van der Waals surface area contributed by atoms with Gasteiger partial charge in [-0.25, -0.2) is 0 Å². The fraction of sp³-hybridized carbons (Fsp3) is 0.800. The monoisotopic (exact) mass is 316 g/mol. The van der Waals surface area contributed by atoms with Crippen LogP contribution < -0.4 is 0 Å². The van der Waals surface area contributed by atoms with E-state index >= 15 is 0 Å². The fourth-order valence-corrected chi connectivity index (χ4v) is 6.74. The van der Waals surface area contributed by atoms with Crippen LogP contribution in [0.4, 0.5) is 0 Å². The van der Waals surface area contributed by atoms with Gasteiger partial charge in [0.2, 0.25) is 0 Å². The second-order valence-electron chi connectivity index (χ2n) is 8.86. The molecule has 3 heteroatoms. The molecule has 23 heavy (non-hydrogen) atoms. The van der Waals surface area contributed by atoms with Crippen LogP contribution in [0.15, 0.2) is 11.8 Å². The molecule has 4 aliphatic rings. The zero-order valence-electron chi connectivity index (χ0n) is 14.6. The van der Waals surface area contributed by atoms with Crippen molar-refractivity contribution < 1.29 is 14.3 Å². The van der Waals surface area contributed by atoms with Gasteiger partial charge in [-0.3, -0.25) is 9.59 Å². The summed E-state index contributed by atoms with van der Waals surface area (Å²) < 4.78 is 5.61. The predicted octanol–water partition coefficient (Wildman–Crippen LogP) is 4.27. The van der Waals surface area contributed by atoms with Gasteiger partial charge in [0.15, 0.2) is 0 Å². The maximum Gasteiger partial charge on any atom is 0.310 e. The molecule has 0 bridgehead atoms. The number of allylic oxidation sites excluding steroid dienone is 2. The van der Waals surface area contributed by atoms with Crippen molar-refractivity contribution in [2.24, 2.45) is 34.5 Å². The SMILES string of the molecule is CC(=O)[C@@H]1CC[C@@H]2[C@@H]3CC=C4OC(=O)CC[C@]4(C)[C@H]3CC[C@@]21C. The number of Topliss-reactive ketones (excluding diaryl/α,β-unsaturated/α-hetero) is 1. The first-order chi connectivity index (χ1) is 10.9. The minimum Gasteiger partial charge on any atom is -0.431 e. The van der Waals surface area contributed by atoms with Crippen molar-refractivity contribution in [2.45, 2.75) is 65.7 Å². The van der Waals surface area contributed by atoms with E-state index in [-0.39, 0.29) is 22.7 Å². The number of hydrogen-bond acceptors (Lipinski definition) is 3. The van der Waals surface area contributed by atoms with E-state index < -0.39 is 0 Å². The zero-order chi connectivity index (χ0) is 16.4. The molecule has 1 saturated heterocycles. The molecule has 126 valence electrons. The van der Waals surface area contributed by atoms with Crippen molar-refractivity contribution in [2.75, 3.05) is 0 Å². The van der Waals surface area contributed by atoms with Gasteiger partial charge in [0.25, 0.3) is 0 Å². The van der Waals surface area contributed by atoms with Crippen molar-refractivity contribution in [3.8, 4) is 0 Å². The largest absolute Gasteiger partial charge is 0.431 e. The molecular weight excluding hydrogens is 288 g/mol. The Morgan fingerprint density at radius 3 is 2.70 bits per heavy atom. The van der Waals surface area contributed by atoms with E-state index in [1.165, 1.54) is 12.8 Å². The Bertz CT molecular complexity index is 592. The molecule has 1 aliphatic heterocycles. The quantitative estimate of drug-likeness (QED) is 0.679. The van der Waals surface area contributed by atoms with E-state index in [9.17, 15) is 9.59 Å². The maximum atomic E-state index is 12.1. The Morgan fingerprint density at radius 2 is 1.96 bits per heavy atom. The second-order valence-corrected chi connectivity index (χ2v) is 8.86. The van der Waals surface area contributed by atoms with E-state index in [4.69, 9.17) is 4.74 Å². The van der Waals surface area contributed by atoms with Crippen LogP contribution in [-0.2, 0) is 14.3 Å². The second kappa shape index (κ2) is 4.94. The standard InChI is InChI=1S/C20H28O3/c1-12(21)14-5-6-15-13-4-7-17-20(3,11-9-18(22)23-17)16(13)8-10-19(14,15)2/h7,13-16H,4-6,8-11H2,1-3H3/t13-,14-,15+,16-,19+,20+/m0/s1. The summed E-state index contributed by atoms with van der Waals surface area (Å²) in [5, 5.41) is 0. The predicted molar refractivity (Wildman–Crippen MR) is 87.3 cm³/mol. The smallest absolute Gasteiger partial charge is 0.310 e. The van der Waals surface area contributed by atoms with Crippen molar-refractivity contribution >= 4 is 11.8 Å². The molecular formula is C20H28O3. The molecule has 3 nitrogen and oxygen atoms in total. The van der Waals surface area contributed by atoms with Crippen LogP contribution in [0, 0.1) is 34.5 Å². The third-order valence-corrected chi connectivity index (χ3v) is 7.96. The first-order valence-electron chi connectivity index (χ1n) is 9.28. The Hall–Kier alpha value is -1.12. The molecule has 0 amide bonds. The first kappa shape index (κ1) is 15.4. The molecule has 0 N–H and O–H groups in total. The summed E-state index contributed by atoms with van der Waals surface area (Å²) in [4.78, 5) is 23.8. The first-order valence-corrected chi connectivity index (χ1v) is 9.28. The molecule has 0 spiro atoms. The van der Waals surface area contributed by atoms with Crippen LogP contribution in [0.3, 0.4) is 0 Å². The number of ketones is 1. The molecule has 2 saturated carbocycles. The van der Waals surface area contributed by atoms with E-state index in [0.29, 0.717) is 30.0 Å². The van der Waals surface area contributed by atoms with Crippen LogP contribution in [-0.4, -0.2) is 11.8 Å². The fourth-order valence-electron chi connectivity index (χ4n) is 6.74. The number of hydrogen-bond donors (Lipinski definition) is 0. The lowest BCUT2D eigenvalue weighted by Crippen LogP contribution is -2.51. The Labute approximate surface area is 138 Å². The molecule has 3 aliphatic carbocycles. The van der Waals surface area contributed by atoms with Crippen molar-refractivity contribution in [3.63, 3.8) is 0 Å². The van der Waals surface area contributed by atoms with Crippen LogP contribution in [0.2, 0.25) is 0 Å². The lowest BCUT2D eigenvalue weighted by Gasteiger charge is -2.56. The van der Waals surface area contributed by atoms with Crippen molar-refractivity contribution in [1.82, 2.24) is 0 Å². The summed E-state index contributed by atoms with van der Waals surface area (Å²) in [6.45, 7) is 6.46. The Kier molecular flexibility index (Phi) is 3.31. The summed E-state index contributed by atoms with van der Waals surface area (Å²) in [6, 6.07) is 0. The molecule has 3 fully saturated rings. The van der Waals surface area contributed by atoms with Gasteiger partial charge in [0, 0.05) is 17.8 Å². The normalized spacial score (nSPS) is 48.7. The number of esters is 1. The van der Waals surface area contributed by atoms with Gasteiger partial charge >= 0.3 is 5.97 Å². The minimum absolute atomic E-state index is 0.0342. The topological polar surface area (TPSA) is 43.4 Å². The summed E-state index contributed by atoms with van der Waals surface area (Å²) in [6.07, 6.45) is 9.29. The lowest BCUT2D eigenvalue weighted by atomic mass is 9.49. The van der Waals surface area contributed by atoms with Gasteiger partial charge in [0.1, 0.15) is 11.5 Å². The third kappa shape index (κ3) is 2.01. The summed E-state index contributed by atoms with van der Waals surface area (Å²) in [5.41, 5.74) is 0.229. The Morgan fingerprint density at radius 1 is 1.17 bits per heavy atom.